The molecule has 1 unspecified atom stereocenters. The SMILES string of the molecule is C=CCOc1ccccc1CNC1CCN(C)C1. The Bertz CT molecular complexity index is 392. The molecule has 1 N–H and O–H groups in total. The molecule has 0 amide bonds. The van der Waals surface area contributed by atoms with Crippen LogP contribution < -0.4 is 10.1 Å². The zero-order chi connectivity index (χ0) is 12.8. The maximum Gasteiger partial charge on any atom is 0.124 e. The van der Waals surface area contributed by atoms with E-state index in [1.165, 1.54) is 18.5 Å². The summed E-state index contributed by atoms with van der Waals surface area (Å²) in [5, 5.41) is 3.60. The van der Waals surface area contributed by atoms with E-state index in [4.69, 9.17) is 4.74 Å². The molecule has 18 heavy (non-hydrogen) atoms. The van der Waals surface area contributed by atoms with Crippen LogP contribution in [0.25, 0.3) is 0 Å². The van der Waals surface area contributed by atoms with E-state index in [9.17, 15) is 0 Å². The molecule has 3 nitrogen and oxygen atoms in total. The second-order valence-corrected chi connectivity index (χ2v) is 4.84. The molecule has 1 aliphatic heterocycles. The van der Waals surface area contributed by atoms with Gasteiger partial charge in [-0.1, -0.05) is 30.9 Å². The number of ether oxygens (including phenoxy) is 1. The molecule has 0 bridgehead atoms. The van der Waals surface area contributed by atoms with Crippen LogP contribution in [0.3, 0.4) is 0 Å². The first-order valence-corrected chi connectivity index (χ1v) is 6.53. The molecule has 1 aliphatic rings. The Balaban J connectivity index is 1.89. The molecule has 98 valence electrons. The summed E-state index contributed by atoms with van der Waals surface area (Å²) in [5.41, 5.74) is 1.22. The van der Waals surface area contributed by atoms with E-state index < -0.39 is 0 Å². The van der Waals surface area contributed by atoms with E-state index in [0.717, 1.165) is 18.8 Å². The number of rotatable bonds is 6. The molecule has 1 fully saturated rings. The lowest BCUT2D eigenvalue weighted by Crippen LogP contribution is -2.31. The first kappa shape index (κ1) is 13.1. The number of benzene rings is 1. The van der Waals surface area contributed by atoms with Gasteiger partial charge in [0.1, 0.15) is 12.4 Å². The summed E-state index contributed by atoms with van der Waals surface area (Å²) >= 11 is 0. The molecule has 1 heterocycles. The minimum atomic E-state index is 0.559. The Labute approximate surface area is 109 Å². The lowest BCUT2D eigenvalue weighted by Gasteiger charge is -2.15. The van der Waals surface area contributed by atoms with Gasteiger partial charge in [0.25, 0.3) is 0 Å². The van der Waals surface area contributed by atoms with Crippen molar-refractivity contribution in [1.82, 2.24) is 10.2 Å². The second kappa shape index (κ2) is 6.57. The zero-order valence-electron chi connectivity index (χ0n) is 11.1. The van der Waals surface area contributed by atoms with Gasteiger partial charge in [0, 0.05) is 24.7 Å². The predicted octanol–water partition coefficient (Wildman–Crippen LogP) is 2.05. The fourth-order valence-corrected chi connectivity index (χ4v) is 2.30. The van der Waals surface area contributed by atoms with Crippen molar-refractivity contribution in [1.29, 1.82) is 0 Å². The number of para-hydroxylation sites is 1. The molecule has 1 atom stereocenters. The Hall–Kier alpha value is -1.32. The number of nitrogens with zero attached hydrogens (tertiary/aromatic N) is 1. The molecule has 1 aromatic rings. The third-order valence-corrected chi connectivity index (χ3v) is 3.30. The minimum Gasteiger partial charge on any atom is -0.489 e. The molecule has 2 rings (SSSR count). The van der Waals surface area contributed by atoms with Crippen LogP contribution in [0.1, 0.15) is 12.0 Å². The highest BCUT2D eigenvalue weighted by atomic mass is 16.5. The fourth-order valence-electron chi connectivity index (χ4n) is 2.30. The molecule has 0 aromatic heterocycles. The number of hydrogen-bond donors (Lipinski definition) is 1. The van der Waals surface area contributed by atoms with Crippen LogP contribution in [0.4, 0.5) is 0 Å². The molecule has 0 spiro atoms. The van der Waals surface area contributed by atoms with Gasteiger partial charge in [0.05, 0.1) is 0 Å². The van der Waals surface area contributed by atoms with Crippen LogP contribution >= 0.6 is 0 Å². The first-order chi connectivity index (χ1) is 8.79. The molecule has 1 aromatic carbocycles. The summed E-state index contributed by atoms with van der Waals surface area (Å²) in [4.78, 5) is 2.36. The van der Waals surface area contributed by atoms with Crippen LogP contribution in [0.5, 0.6) is 5.75 Å². The van der Waals surface area contributed by atoms with Crippen LogP contribution in [-0.4, -0.2) is 37.7 Å². The van der Waals surface area contributed by atoms with Gasteiger partial charge in [-0.25, -0.2) is 0 Å². The average molecular weight is 246 g/mol. The van der Waals surface area contributed by atoms with Gasteiger partial charge in [-0.3, -0.25) is 0 Å². The maximum atomic E-state index is 5.65. The molecule has 0 saturated carbocycles. The highest BCUT2D eigenvalue weighted by Crippen LogP contribution is 2.18. The summed E-state index contributed by atoms with van der Waals surface area (Å²) in [6.45, 7) is 7.42. The van der Waals surface area contributed by atoms with Gasteiger partial charge in [-0.05, 0) is 26.1 Å². The van der Waals surface area contributed by atoms with Crippen molar-refractivity contribution in [2.75, 3.05) is 26.7 Å². The Kier molecular flexibility index (Phi) is 4.79. The Morgan fingerprint density at radius 3 is 3.06 bits per heavy atom. The molecular weight excluding hydrogens is 224 g/mol. The van der Waals surface area contributed by atoms with Crippen LogP contribution in [0, 0.1) is 0 Å². The van der Waals surface area contributed by atoms with E-state index in [2.05, 4.69) is 36.0 Å². The van der Waals surface area contributed by atoms with Crippen LogP contribution in [0.2, 0.25) is 0 Å². The summed E-state index contributed by atoms with van der Waals surface area (Å²) in [6.07, 6.45) is 3.00. The number of likely N-dealkylation sites (N-methyl/N-ethyl adjacent to an activating group) is 1. The standard InChI is InChI=1S/C15H22N2O/c1-3-10-18-15-7-5-4-6-13(15)11-16-14-8-9-17(2)12-14/h3-7,14,16H,1,8-12H2,2H3. The van der Waals surface area contributed by atoms with Crippen molar-refractivity contribution >= 4 is 0 Å². The topological polar surface area (TPSA) is 24.5 Å². The summed E-state index contributed by atoms with van der Waals surface area (Å²) in [6, 6.07) is 8.79. The predicted molar refractivity (Wildman–Crippen MR) is 74.9 cm³/mol. The zero-order valence-corrected chi connectivity index (χ0v) is 11.1. The maximum absolute atomic E-state index is 5.65. The number of nitrogens with one attached hydrogen (secondary N) is 1. The third kappa shape index (κ3) is 3.59. The Morgan fingerprint density at radius 2 is 2.33 bits per heavy atom. The smallest absolute Gasteiger partial charge is 0.124 e. The second-order valence-electron chi connectivity index (χ2n) is 4.84. The molecule has 3 heteroatoms. The quantitative estimate of drug-likeness (QED) is 0.777. The normalized spacial score (nSPS) is 19.9. The number of hydrogen-bond acceptors (Lipinski definition) is 3. The first-order valence-electron chi connectivity index (χ1n) is 6.53. The molecule has 0 radical (unpaired) electrons. The minimum absolute atomic E-state index is 0.559. The largest absolute Gasteiger partial charge is 0.489 e. The van der Waals surface area contributed by atoms with Gasteiger partial charge in [-0.15, -0.1) is 0 Å². The van der Waals surface area contributed by atoms with Crippen molar-refractivity contribution in [3.05, 3.63) is 42.5 Å². The highest BCUT2D eigenvalue weighted by molar-refractivity contribution is 5.33. The van der Waals surface area contributed by atoms with E-state index >= 15 is 0 Å². The van der Waals surface area contributed by atoms with E-state index in [1.807, 2.05) is 12.1 Å². The van der Waals surface area contributed by atoms with Crippen LogP contribution in [-0.2, 0) is 6.54 Å². The van der Waals surface area contributed by atoms with Crippen molar-refractivity contribution in [2.24, 2.45) is 0 Å². The van der Waals surface area contributed by atoms with E-state index in [1.54, 1.807) is 6.08 Å². The lowest BCUT2D eigenvalue weighted by molar-refractivity contribution is 0.355. The van der Waals surface area contributed by atoms with Gasteiger partial charge < -0.3 is 15.0 Å². The monoisotopic (exact) mass is 246 g/mol. The van der Waals surface area contributed by atoms with Gasteiger partial charge >= 0.3 is 0 Å². The van der Waals surface area contributed by atoms with Crippen LogP contribution in [0.15, 0.2) is 36.9 Å². The van der Waals surface area contributed by atoms with Crippen molar-refractivity contribution < 1.29 is 4.74 Å². The Morgan fingerprint density at radius 1 is 1.50 bits per heavy atom. The average Bonchev–Trinajstić information content (AvgIpc) is 2.81. The molecule has 1 saturated heterocycles. The van der Waals surface area contributed by atoms with Gasteiger partial charge in [-0.2, -0.15) is 0 Å². The number of likely N-dealkylation sites (tertiary alicyclic amines) is 1. The summed E-state index contributed by atoms with van der Waals surface area (Å²) < 4.78 is 5.65. The van der Waals surface area contributed by atoms with Gasteiger partial charge in [0.2, 0.25) is 0 Å². The molecule has 0 aliphatic carbocycles. The molecular formula is C15H22N2O. The fraction of sp³-hybridized carbons (Fsp3) is 0.467. The van der Waals surface area contributed by atoms with E-state index in [0.29, 0.717) is 12.6 Å². The summed E-state index contributed by atoms with van der Waals surface area (Å²) in [5.74, 6) is 0.955. The van der Waals surface area contributed by atoms with Crippen molar-refractivity contribution in [3.8, 4) is 5.75 Å². The van der Waals surface area contributed by atoms with E-state index in [-0.39, 0.29) is 0 Å². The van der Waals surface area contributed by atoms with Crippen molar-refractivity contribution in [3.63, 3.8) is 0 Å². The third-order valence-electron chi connectivity index (χ3n) is 3.30. The summed E-state index contributed by atoms with van der Waals surface area (Å²) in [7, 11) is 2.17. The van der Waals surface area contributed by atoms with Crippen molar-refractivity contribution in [2.45, 2.75) is 19.0 Å². The van der Waals surface area contributed by atoms with Gasteiger partial charge in [0.15, 0.2) is 0 Å². The highest BCUT2D eigenvalue weighted by Gasteiger charge is 2.18. The lowest BCUT2D eigenvalue weighted by atomic mass is 10.2.